The molecule has 0 saturated carbocycles. The lowest BCUT2D eigenvalue weighted by Gasteiger charge is -2.10. The number of fused-ring (bicyclic) bond motifs is 1. The van der Waals surface area contributed by atoms with Crippen molar-refractivity contribution in [1.29, 1.82) is 0 Å². The third kappa shape index (κ3) is 4.44. The quantitative estimate of drug-likeness (QED) is 0.334. The molecule has 2 aromatic carbocycles. The van der Waals surface area contributed by atoms with Gasteiger partial charge in [-0.3, -0.25) is 4.57 Å². The summed E-state index contributed by atoms with van der Waals surface area (Å²) < 4.78 is 47.6. The van der Waals surface area contributed by atoms with E-state index >= 15 is 0 Å². The van der Waals surface area contributed by atoms with Crippen LogP contribution < -0.4 is 14.2 Å². The van der Waals surface area contributed by atoms with Crippen molar-refractivity contribution in [2.24, 2.45) is 0 Å². The highest BCUT2D eigenvalue weighted by Gasteiger charge is 2.22. The Morgan fingerprint density at radius 2 is 1.74 bits per heavy atom. The molecule has 0 amide bonds. The molecule has 2 heterocycles. The fourth-order valence-corrected chi connectivity index (χ4v) is 5.41. The molecule has 0 bridgehead atoms. The van der Waals surface area contributed by atoms with Crippen molar-refractivity contribution < 1.29 is 32.2 Å². The number of imidazole rings is 1. The summed E-state index contributed by atoms with van der Waals surface area (Å²) in [6.45, 7) is -0.0426. The summed E-state index contributed by atoms with van der Waals surface area (Å²) in [5, 5.41) is 0.654. The number of esters is 1. The largest absolute Gasteiger partial charge is 0.493 e. The number of sulfone groups is 1. The number of hydrogen-bond acceptors (Lipinski definition) is 9. The molecule has 0 fully saturated rings. The average molecular weight is 503 g/mol. The Balaban J connectivity index is 1.74. The zero-order chi connectivity index (χ0) is 24.5. The Labute approximate surface area is 200 Å². The molecule has 0 spiro atoms. The van der Waals surface area contributed by atoms with Crippen LogP contribution in [0.1, 0.15) is 15.2 Å². The van der Waals surface area contributed by atoms with Crippen LogP contribution in [0.25, 0.3) is 16.0 Å². The third-order valence-electron chi connectivity index (χ3n) is 5.10. The highest BCUT2D eigenvalue weighted by molar-refractivity contribution is 7.90. The normalized spacial score (nSPS) is 11.4. The first-order valence-corrected chi connectivity index (χ1v) is 12.7. The SMILES string of the molecule is COC(=O)c1sc(-n2cnc3cc(OC)c(OC)cc32)cc1OCc1ccccc1S(C)(=O)=O. The van der Waals surface area contributed by atoms with Gasteiger partial charge in [0.1, 0.15) is 23.7 Å². The zero-order valence-corrected chi connectivity index (χ0v) is 20.5. The molecule has 0 aliphatic carbocycles. The van der Waals surface area contributed by atoms with Crippen molar-refractivity contribution in [3.05, 3.63) is 59.2 Å². The van der Waals surface area contributed by atoms with Crippen molar-refractivity contribution in [2.75, 3.05) is 27.6 Å². The number of ether oxygens (including phenoxy) is 4. The predicted octanol–water partition coefficient (Wildman–Crippen LogP) is 3.87. The van der Waals surface area contributed by atoms with Gasteiger partial charge in [0.2, 0.25) is 0 Å². The summed E-state index contributed by atoms with van der Waals surface area (Å²) in [6, 6.07) is 11.8. The van der Waals surface area contributed by atoms with E-state index in [1.807, 2.05) is 0 Å². The van der Waals surface area contributed by atoms with E-state index < -0.39 is 15.8 Å². The summed E-state index contributed by atoms with van der Waals surface area (Å²) in [4.78, 5) is 17.3. The van der Waals surface area contributed by atoms with Crippen LogP contribution in [0.2, 0.25) is 0 Å². The summed E-state index contributed by atoms with van der Waals surface area (Å²) in [6.07, 6.45) is 2.76. The first-order chi connectivity index (χ1) is 16.3. The van der Waals surface area contributed by atoms with Crippen molar-refractivity contribution >= 4 is 38.2 Å². The van der Waals surface area contributed by atoms with Crippen LogP contribution in [0.15, 0.2) is 53.7 Å². The Hall–Kier alpha value is -3.57. The Morgan fingerprint density at radius 1 is 1.03 bits per heavy atom. The van der Waals surface area contributed by atoms with Gasteiger partial charge < -0.3 is 18.9 Å². The standard InChI is InChI=1S/C23H22N2O7S2/c1-29-17-9-15-16(10-18(17)30-2)25(13-24-15)21-11-19(22(33-21)23(26)31-3)32-12-14-7-5-6-8-20(14)34(4,27)28/h5-11,13H,12H2,1-4H3. The van der Waals surface area contributed by atoms with Crippen molar-refractivity contribution in [3.8, 4) is 22.2 Å². The molecule has 0 unspecified atom stereocenters. The number of aromatic nitrogens is 2. The Kier molecular flexibility index (Phi) is 6.49. The topological polar surface area (TPSA) is 106 Å². The summed E-state index contributed by atoms with van der Waals surface area (Å²) in [5.41, 5.74) is 1.90. The first-order valence-electron chi connectivity index (χ1n) is 9.99. The van der Waals surface area contributed by atoms with Gasteiger partial charge in [-0.05, 0) is 6.07 Å². The molecule has 0 aliphatic heterocycles. The minimum atomic E-state index is -3.44. The van der Waals surface area contributed by atoms with Crippen molar-refractivity contribution in [3.63, 3.8) is 0 Å². The molecule has 0 atom stereocenters. The summed E-state index contributed by atoms with van der Waals surface area (Å²) in [7, 11) is 0.943. The minimum Gasteiger partial charge on any atom is -0.493 e. The van der Waals surface area contributed by atoms with E-state index in [1.54, 1.807) is 61.5 Å². The number of benzene rings is 2. The molecule has 4 aromatic rings. The van der Waals surface area contributed by atoms with Crippen LogP contribution in [-0.4, -0.2) is 51.5 Å². The zero-order valence-electron chi connectivity index (χ0n) is 18.9. The molecule has 11 heteroatoms. The Bertz CT molecular complexity index is 1470. The van der Waals surface area contributed by atoms with Crippen LogP contribution in [0.3, 0.4) is 0 Å². The molecule has 0 radical (unpaired) electrons. The number of hydrogen-bond donors (Lipinski definition) is 0. The predicted molar refractivity (Wildman–Crippen MR) is 127 cm³/mol. The van der Waals surface area contributed by atoms with Gasteiger partial charge in [0.05, 0.1) is 37.3 Å². The molecule has 2 aromatic heterocycles. The number of carbonyl (C=O) groups is 1. The number of thiophene rings is 1. The van der Waals surface area contributed by atoms with Gasteiger partial charge in [0.25, 0.3) is 0 Å². The van der Waals surface area contributed by atoms with E-state index in [1.165, 1.54) is 24.5 Å². The molecule has 0 N–H and O–H groups in total. The Morgan fingerprint density at radius 3 is 2.41 bits per heavy atom. The molecule has 34 heavy (non-hydrogen) atoms. The maximum absolute atomic E-state index is 12.5. The van der Waals surface area contributed by atoms with Crippen LogP contribution in [0.4, 0.5) is 0 Å². The number of methoxy groups -OCH3 is 3. The molecular formula is C23H22N2O7S2. The van der Waals surface area contributed by atoms with Gasteiger partial charge in [-0.1, -0.05) is 18.2 Å². The van der Waals surface area contributed by atoms with Gasteiger partial charge >= 0.3 is 5.97 Å². The summed E-state index contributed by atoms with van der Waals surface area (Å²) >= 11 is 1.17. The lowest BCUT2D eigenvalue weighted by atomic mass is 10.2. The van der Waals surface area contributed by atoms with Crippen molar-refractivity contribution in [2.45, 2.75) is 11.5 Å². The monoisotopic (exact) mass is 502 g/mol. The van der Waals surface area contributed by atoms with Gasteiger partial charge in [-0.2, -0.15) is 0 Å². The highest BCUT2D eigenvalue weighted by atomic mass is 32.2. The highest BCUT2D eigenvalue weighted by Crippen LogP contribution is 2.37. The number of nitrogens with zero attached hydrogens (tertiary/aromatic N) is 2. The van der Waals surface area contributed by atoms with Gasteiger partial charge in [-0.15, -0.1) is 11.3 Å². The maximum Gasteiger partial charge on any atom is 0.351 e. The van der Waals surface area contributed by atoms with Crippen LogP contribution in [-0.2, 0) is 21.2 Å². The fraction of sp³-hybridized carbons (Fsp3) is 0.217. The summed E-state index contributed by atoms with van der Waals surface area (Å²) in [5.74, 6) is 0.800. The number of rotatable bonds is 8. The molecule has 0 aliphatic rings. The maximum atomic E-state index is 12.5. The third-order valence-corrected chi connectivity index (χ3v) is 7.39. The van der Waals surface area contributed by atoms with Gasteiger partial charge in [0, 0.05) is 30.0 Å². The number of carbonyl (C=O) groups excluding carboxylic acids is 1. The smallest absolute Gasteiger partial charge is 0.351 e. The molecular weight excluding hydrogens is 480 g/mol. The van der Waals surface area contributed by atoms with E-state index in [2.05, 4.69) is 4.98 Å². The lowest BCUT2D eigenvalue weighted by Crippen LogP contribution is -2.07. The molecule has 9 nitrogen and oxygen atoms in total. The van der Waals surface area contributed by atoms with Crippen LogP contribution in [0, 0.1) is 0 Å². The van der Waals surface area contributed by atoms with E-state index in [4.69, 9.17) is 18.9 Å². The van der Waals surface area contributed by atoms with Crippen molar-refractivity contribution in [1.82, 2.24) is 9.55 Å². The fourth-order valence-electron chi connectivity index (χ4n) is 3.47. The van der Waals surface area contributed by atoms with E-state index in [-0.39, 0.29) is 22.1 Å². The molecule has 0 saturated heterocycles. The van der Waals surface area contributed by atoms with Gasteiger partial charge in [0.15, 0.2) is 26.2 Å². The average Bonchev–Trinajstić information content (AvgIpc) is 3.44. The second-order valence-electron chi connectivity index (χ2n) is 7.25. The van der Waals surface area contributed by atoms with Crippen LogP contribution >= 0.6 is 11.3 Å². The van der Waals surface area contributed by atoms with Crippen LogP contribution in [0.5, 0.6) is 17.2 Å². The molecule has 4 rings (SSSR count). The first kappa shape index (κ1) is 23.6. The second-order valence-corrected chi connectivity index (χ2v) is 10.3. The molecule has 178 valence electrons. The lowest BCUT2D eigenvalue weighted by molar-refractivity contribution is 0.0601. The van der Waals surface area contributed by atoms with E-state index in [0.29, 0.717) is 27.6 Å². The van der Waals surface area contributed by atoms with Gasteiger partial charge in [-0.25, -0.2) is 18.2 Å². The van der Waals surface area contributed by atoms with E-state index in [0.717, 1.165) is 11.8 Å². The second kappa shape index (κ2) is 9.35. The minimum absolute atomic E-state index is 0.0426. The van der Waals surface area contributed by atoms with E-state index in [9.17, 15) is 13.2 Å².